The van der Waals surface area contributed by atoms with Gasteiger partial charge < -0.3 is 9.73 Å². The normalized spacial score (nSPS) is 10.9. The molecule has 27 heavy (non-hydrogen) atoms. The number of nitrogens with one attached hydrogen (secondary N) is 1. The lowest BCUT2D eigenvalue weighted by atomic mass is 10.1. The van der Waals surface area contributed by atoms with Crippen molar-refractivity contribution in [1.82, 2.24) is 9.97 Å². The molecule has 2 heterocycles. The van der Waals surface area contributed by atoms with Gasteiger partial charge in [-0.2, -0.15) is 4.98 Å². The lowest BCUT2D eigenvalue weighted by Gasteiger charge is -2.08. The van der Waals surface area contributed by atoms with Gasteiger partial charge in [0.15, 0.2) is 11.2 Å². The summed E-state index contributed by atoms with van der Waals surface area (Å²) in [6.07, 6.45) is 2.58. The van der Waals surface area contributed by atoms with E-state index in [-0.39, 0.29) is 5.91 Å². The first kappa shape index (κ1) is 17.2. The summed E-state index contributed by atoms with van der Waals surface area (Å²) in [6, 6.07) is 16.3. The Labute approximate surface area is 161 Å². The number of aryl methyl sites for hydroxylation is 1. The molecular formula is C21H16ClN3O2. The van der Waals surface area contributed by atoms with Gasteiger partial charge in [0.2, 0.25) is 5.89 Å². The molecule has 0 atom stereocenters. The number of benzene rings is 2. The Morgan fingerprint density at radius 2 is 1.96 bits per heavy atom. The number of carbonyl (C=O) groups is 1. The van der Waals surface area contributed by atoms with Crippen molar-refractivity contribution in [3.8, 4) is 11.5 Å². The molecule has 134 valence electrons. The zero-order valence-corrected chi connectivity index (χ0v) is 15.3. The number of aromatic nitrogens is 2. The number of hydrogen-bond acceptors (Lipinski definition) is 4. The summed E-state index contributed by atoms with van der Waals surface area (Å²) in [5, 5.41) is 3.36. The molecule has 1 N–H and O–H groups in total. The minimum atomic E-state index is -0.190. The number of nitrogens with zero attached hydrogens (tertiary/aromatic N) is 2. The van der Waals surface area contributed by atoms with Gasteiger partial charge in [0, 0.05) is 17.4 Å². The number of rotatable bonds is 4. The van der Waals surface area contributed by atoms with E-state index in [1.165, 1.54) is 5.56 Å². The third-order valence-corrected chi connectivity index (χ3v) is 4.57. The highest BCUT2D eigenvalue weighted by Gasteiger charge is 2.14. The van der Waals surface area contributed by atoms with Crippen LogP contribution in [0.1, 0.15) is 22.8 Å². The van der Waals surface area contributed by atoms with Crippen LogP contribution < -0.4 is 5.32 Å². The summed E-state index contributed by atoms with van der Waals surface area (Å²) in [4.78, 5) is 21.0. The molecule has 0 aliphatic heterocycles. The van der Waals surface area contributed by atoms with Crippen LogP contribution in [0.3, 0.4) is 0 Å². The molecule has 0 saturated heterocycles. The molecule has 4 rings (SSSR count). The highest BCUT2D eigenvalue weighted by atomic mass is 35.5. The zero-order chi connectivity index (χ0) is 18.8. The topological polar surface area (TPSA) is 68.0 Å². The molecule has 5 nitrogen and oxygen atoms in total. The van der Waals surface area contributed by atoms with Crippen molar-refractivity contribution in [3.05, 3.63) is 76.9 Å². The second kappa shape index (κ2) is 7.21. The number of anilines is 1. The SMILES string of the molecule is CCc1ccc(C(=O)Nc2ccc(Cl)c(-c3nc4ncccc4o3)c2)cc1. The summed E-state index contributed by atoms with van der Waals surface area (Å²) in [5.74, 6) is 0.169. The molecule has 0 aliphatic rings. The van der Waals surface area contributed by atoms with Crippen molar-refractivity contribution in [2.24, 2.45) is 0 Å². The van der Waals surface area contributed by atoms with Gasteiger partial charge in [-0.25, -0.2) is 4.98 Å². The summed E-state index contributed by atoms with van der Waals surface area (Å²) >= 11 is 6.31. The highest BCUT2D eigenvalue weighted by Crippen LogP contribution is 2.32. The summed E-state index contributed by atoms with van der Waals surface area (Å²) in [7, 11) is 0. The van der Waals surface area contributed by atoms with Crippen molar-refractivity contribution in [3.63, 3.8) is 0 Å². The number of carbonyl (C=O) groups excluding carboxylic acids is 1. The van der Waals surface area contributed by atoms with Crippen molar-refractivity contribution >= 4 is 34.4 Å². The quantitative estimate of drug-likeness (QED) is 0.520. The van der Waals surface area contributed by atoms with Crippen LogP contribution in [0, 0.1) is 0 Å². The third-order valence-electron chi connectivity index (χ3n) is 4.24. The van der Waals surface area contributed by atoms with Crippen LogP contribution in [0.15, 0.2) is 65.2 Å². The van der Waals surface area contributed by atoms with Crippen molar-refractivity contribution in [2.75, 3.05) is 5.32 Å². The fourth-order valence-corrected chi connectivity index (χ4v) is 2.94. The first-order valence-electron chi connectivity index (χ1n) is 8.56. The molecule has 0 fully saturated rings. The molecule has 2 aromatic carbocycles. The molecule has 0 aliphatic carbocycles. The monoisotopic (exact) mass is 377 g/mol. The number of fused-ring (bicyclic) bond motifs is 1. The molecule has 0 saturated carbocycles. The van der Waals surface area contributed by atoms with Crippen LogP contribution in [0.2, 0.25) is 5.02 Å². The second-order valence-corrected chi connectivity index (χ2v) is 6.45. The minimum absolute atomic E-state index is 0.190. The zero-order valence-electron chi connectivity index (χ0n) is 14.6. The average molecular weight is 378 g/mol. The number of amides is 1. The van der Waals surface area contributed by atoms with Crippen LogP contribution in [0.4, 0.5) is 5.69 Å². The smallest absolute Gasteiger partial charge is 0.255 e. The Kier molecular flexibility index (Phi) is 4.60. The van der Waals surface area contributed by atoms with Crippen molar-refractivity contribution in [2.45, 2.75) is 13.3 Å². The maximum atomic E-state index is 12.5. The molecule has 1 amide bonds. The number of halogens is 1. The van der Waals surface area contributed by atoms with E-state index in [2.05, 4.69) is 22.2 Å². The van der Waals surface area contributed by atoms with Crippen molar-refractivity contribution in [1.29, 1.82) is 0 Å². The van der Waals surface area contributed by atoms with Gasteiger partial charge in [0.1, 0.15) is 0 Å². The maximum absolute atomic E-state index is 12.5. The molecule has 4 aromatic rings. The Bertz CT molecular complexity index is 1090. The van der Waals surface area contributed by atoms with E-state index in [1.54, 1.807) is 36.5 Å². The minimum Gasteiger partial charge on any atom is -0.434 e. The fraction of sp³-hybridized carbons (Fsp3) is 0.0952. The van der Waals surface area contributed by atoms with Crippen LogP contribution in [0.5, 0.6) is 0 Å². The average Bonchev–Trinajstić information content (AvgIpc) is 3.13. The lowest BCUT2D eigenvalue weighted by molar-refractivity contribution is 0.102. The molecule has 0 radical (unpaired) electrons. The first-order valence-corrected chi connectivity index (χ1v) is 8.93. The van der Waals surface area contributed by atoms with Crippen LogP contribution >= 0.6 is 11.6 Å². The van der Waals surface area contributed by atoms with Crippen LogP contribution in [-0.2, 0) is 6.42 Å². The van der Waals surface area contributed by atoms with Crippen LogP contribution in [-0.4, -0.2) is 15.9 Å². The van der Waals surface area contributed by atoms with Gasteiger partial charge in [-0.1, -0.05) is 30.7 Å². The molecule has 0 unspecified atom stereocenters. The number of hydrogen-bond donors (Lipinski definition) is 1. The Balaban J connectivity index is 1.62. The number of oxazole rings is 1. The van der Waals surface area contributed by atoms with E-state index in [0.717, 1.165) is 6.42 Å². The van der Waals surface area contributed by atoms with Crippen molar-refractivity contribution < 1.29 is 9.21 Å². The van der Waals surface area contributed by atoms with Gasteiger partial charge in [-0.3, -0.25) is 4.79 Å². The van der Waals surface area contributed by atoms with Gasteiger partial charge in [-0.05, 0) is 54.4 Å². The molecule has 2 aromatic heterocycles. The molecule has 0 spiro atoms. The van der Waals surface area contributed by atoms with E-state index < -0.39 is 0 Å². The Morgan fingerprint density at radius 1 is 1.15 bits per heavy atom. The Morgan fingerprint density at radius 3 is 2.70 bits per heavy atom. The maximum Gasteiger partial charge on any atom is 0.255 e. The molecule has 0 bridgehead atoms. The van der Waals surface area contributed by atoms with E-state index in [4.69, 9.17) is 16.0 Å². The molecule has 6 heteroatoms. The predicted molar refractivity (Wildman–Crippen MR) is 106 cm³/mol. The summed E-state index contributed by atoms with van der Waals surface area (Å²) < 4.78 is 5.73. The Hall–Kier alpha value is -3.18. The van der Waals surface area contributed by atoms with E-state index in [0.29, 0.717) is 39.0 Å². The summed E-state index contributed by atoms with van der Waals surface area (Å²) in [6.45, 7) is 2.08. The van der Waals surface area contributed by atoms with E-state index in [1.807, 2.05) is 24.3 Å². The van der Waals surface area contributed by atoms with E-state index >= 15 is 0 Å². The third kappa shape index (κ3) is 3.55. The second-order valence-electron chi connectivity index (χ2n) is 6.04. The van der Waals surface area contributed by atoms with Gasteiger partial charge in [0.25, 0.3) is 5.91 Å². The van der Waals surface area contributed by atoms with Crippen LogP contribution in [0.25, 0.3) is 22.7 Å². The first-order chi connectivity index (χ1) is 13.1. The predicted octanol–water partition coefficient (Wildman–Crippen LogP) is 5.36. The summed E-state index contributed by atoms with van der Waals surface area (Å²) in [5.41, 5.74) is 4.06. The van der Waals surface area contributed by atoms with Gasteiger partial charge in [0.05, 0.1) is 10.6 Å². The van der Waals surface area contributed by atoms with E-state index in [9.17, 15) is 4.79 Å². The lowest BCUT2D eigenvalue weighted by Crippen LogP contribution is -2.11. The largest absolute Gasteiger partial charge is 0.434 e. The highest BCUT2D eigenvalue weighted by molar-refractivity contribution is 6.33. The van der Waals surface area contributed by atoms with Gasteiger partial charge >= 0.3 is 0 Å². The van der Waals surface area contributed by atoms with Gasteiger partial charge in [-0.15, -0.1) is 0 Å². The standard InChI is InChI=1S/C21H16ClN3O2/c1-2-13-5-7-14(8-6-13)20(26)24-15-9-10-17(22)16(12-15)21-25-19-18(27-21)4-3-11-23-19/h3-12H,2H2,1H3,(H,24,26). The number of pyridine rings is 1. The fourth-order valence-electron chi connectivity index (χ4n) is 2.75. The molecular weight excluding hydrogens is 362 g/mol.